The first-order chi connectivity index (χ1) is 12.7. The molecule has 2 heterocycles. The third-order valence-corrected chi connectivity index (χ3v) is 4.65. The first kappa shape index (κ1) is 16.5. The SMILES string of the molecule is O=C(NCc1ccc(F)cc1)N1CCN(c2ccc3c(c2)OCO3)CC1. The van der Waals surface area contributed by atoms with Gasteiger partial charge in [0.05, 0.1) is 0 Å². The minimum Gasteiger partial charge on any atom is -0.454 e. The van der Waals surface area contributed by atoms with Gasteiger partial charge in [-0.15, -0.1) is 0 Å². The van der Waals surface area contributed by atoms with E-state index in [4.69, 9.17) is 9.47 Å². The summed E-state index contributed by atoms with van der Waals surface area (Å²) in [6, 6.07) is 11.9. The fraction of sp³-hybridized carbons (Fsp3) is 0.316. The van der Waals surface area contributed by atoms with E-state index in [1.165, 1.54) is 12.1 Å². The van der Waals surface area contributed by atoms with Gasteiger partial charge in [-0.2, -0.15) is 0 Å². The van der Waals surface area contributed by atoms with Gasteiger partial charge in [-0.05, 0) is 29.8 Å². The molecule has 0 radical (unpaired) electrons. The standard InChI is InChI=1S/C19H20FN3O3/c20-15-3-1-14(2-4-15)12-21-19(24)23-9-7-22(8-10-23)16-5-6-17-18(11-16)26-13-25-17/h1-6,11H,7-10,12-13H2,(H,21,24). The molecule has 1 fully saturated rings. The van der Waals surface area contributed by atoms with E-state index >= 15 is 0 Å². The number of urea groups is 1. The second-order valence-corrected chi connectivity index (χ2v) is 6.30. The summed E-state index contributed by atoms with van der Waals surface area (Å²) >= 11 is 0. The Balaban J connectivity index is 1.29. The number of piperazine rings is 1. The topological polar surface area (TPSA) is 54.0 Å². The smallest absolute Gasteiger partial charge is 0.317 e. The molecule has 7 heteroatoms. The van der Waals surface area contributed by atoms with Crippen LogP contribution in [0.4, 0.5) is 14.9 Å². The van der Waals surface area contributed by atoms with Crippen LogP contribution in [-0.4, -0.2) is 43.9 Å². The molecule has 136 valence electrons. The third kappa shape index (κ3) is 3.51. The lowest BCUT2D eigenvalue weighted by atomic mass is 10.2. The number of amides is 2. The van der Waals surface area contributed by atoms with Crippen LogP contribution in [0.5, 0.6) is 11.5 Å². The van der Waals surface area contributed by atoms with Crippen LogP contribution < -0.4 is 19.7 Å². The highest BCUT2D eigenvalue weighted by atomic mass is 19.1. The van der Waals surface area contributed by atoms with Crippen LogP contribution in [0.1, 0.15) is 5.56 Å². The van der Waals surface area contributed by atoms with Crippen LogP contribution in [0.3, 0.4) is 0 Å². The third-order valence-electron chi connectivity index (χ3n) is 4.65. The molecule has 1 saturated heterocycles. The zero-order valence-corrected chi connectivity index (χ0v) is 14.3. The fourth-order valence-electron chi connectivity index (χ4n) is 3.14. The van der Waals surface area contributed by atoms with Crippen molar-refractivity contribution >= 4 is 11.7 Å². The maximum Gasteiger partial charge on any atom is 0.317 e. The number of benzene rings is 2. The number of fused-ring (bicyclic) bond motifs is 1. The average molecular weight is 357 g/mol. The van der Waals surface area contributed by atoms with Gasteiger partial charge in [-0.3, -0.25) is 0 Å². The van der Waals surface area contributed by atoms with Crippen molar-refractivity contribution in [2.75, 3.05) is 37.9 Å². The lowest BCUT2D eigenvalue weighted by Gasteiger charge is -2.36. The minimum atomic E-state index is -0.278. The number of carbonyl (C=O) groups is 1. The Morgan fingerprint density at radius 2 is 1.73 bits per heavy atom. The number of hydrogen-bond acceptors (Lipinski definition) is 4. The largest absolute Gasteiger partial charge is 0.454 e. The van der Waals surface area contributed by atoms with E-state index in [1.54, 1.807) is 17.0 Å². The Morgan fingerprint density at radius 1 is 1.00 bits per heavy atom. The molecule has 26 heavy (non-hydrogen) atoms. The first-order valence-corrected chi connectivity index (χ1v) is 8.61. The number of ether oxygens (including phenoxy) is 2. The summed E-state index contributed by atoms with van der Waals surface area (Å²) in [5, 5.41) is 2.89. The van der Waals surface area contributed by atoms with Gasteiger partial charge in [0.2, 0.25) is 6.79 Å². The van der Waals surface area contributed by atoms with Crippen LogP contribution >= 0.6 is 0 Å². The summed E-state index contributed by atoms with van der Waals surface area (Å²) < 4.78 is 23.7. The molecule has 0 bridgehead atoms. The van der Waals surface area contributed by atoms with Gasteiger partial charge in [0, 0.05) is 44.5 Å². The number of halogens is 1. The normalized spacial score (nSPS) is 15.9. The monoisotopic (exact) mass is 357 g/mol. The molecule has 2 aromatic rings. The van der Waals surface area contributed by atoms with E-state index in [1.807, 2.05) is 18.2 Å². The molecule has 0 atom stereocenters. The number of nitrogens with one attached hydrogen (secondary N) is 1. The number of carbonyl (C=O) groups excluding carboxylic acids is 1. The van der Waals surface area contributed by atoms with E-state index in [0.717, 1.165) is 35.8 Å². The summed E-state index contributed by atoms with van der Waals surface area (Å²) in [4.78, 5) is 16.3. The van der Waals surface area contributed by atoms with Crippen molar-refractivity contribution in [2.45, 2.75) is 6.54 Å². The maximum atomic E-state index is 12.9. The van der Waals surface area contributed by atoms with Crippen molar-refractivity contribution in [2.24, 2.45) is 0 Å². The van der Waals surface area contributed by atoms with E-state index in [9.17, 15) is 9.18 Å². The first-order valence-electron chi connectivity index (χ1n) is 8.61. The van der Waals surface area contributed by atoms with Crippen LogP contribution in [-0.2, 0) is 6.54 Å². The molecular formula is C19H20FN3O3. The van der Waals surface area contributed by atoms with Crippen molar-refractivity contribution in [3.8, 4) is 11.5 Å². The molecule has 0 saturated carbocycles. The van der Waals surface area contributed by atoms with Gasteiger partial charge >= 0.3 is 6.03 Å². The van der Waals surface area contributed by atoms with Gasteiger partial charge in [0.25, 0.3) is 0 Å². The predicted molar refractivity (Wildman–Crippen MR) is 95.0 cm³/mol. The molecule has 6 nitrogen and oxygen atoms in total. The zero-order valence-electron chi connectivity index (χ0n) is 14.3. The lowest BCUT2D eigenvalue weighted by Crippen LogP contribution is -2.51. The van der Waals surface area contributed by atoms with Crippen molar-refractivity contribution in [1.29, 1.82) is 0 Å². The van der Waals surface area contributed by atoms with Gasteiger partial charge in [-0.25, -0.2) is 9.18 Å². The Labute approximate surface area is 151 Å². The van der Waals surface area contributed by atoms with Crippen molar-refractivity contribution in [3.05, 3.63) is 53.8 Å². The van der Waals surface area contributed by atoms with Gasteiger partial charge in [-0.1, -0.05) is 12.1 Å². The highest BCUT2D eigenvalue weighted by Crippen LogP contribution is 2.35. The number of hydrogen-bond donors (Lipinski definition) is 1. The molecule has 1 N–H and O–H groups in total. The number of anilines is 1. The van der Waals surface area contributed by atoms with Crippen LogP contribution in [0.25, 0.3) is 0 Å². The van der Waals surface area contributed by atoms with Crippen molar-refractivity contribution in [3.63, 3.8) is 0 Å². The summed E-state index contributed by atoms with van der Waals surface area (Å²) in [5.41, 5.74) is 1.94. The molecule has 2 aliphatic heterocycles. The van der Waals surface area contributed by atoms with Crippen molar-refractivity contribution in [1.82, 2.24) is 10.2 Å². The maximum absolute atomic E-state index is 12.9. The molecule has 4 rings (SSSR count). The van der Waals surface area contributed by atoms with E-state index in [-0.39, 0.29) is 18.6 Å². The second-order valence-electron chi connectivity index (χ2n) is 6.30. The van der Waals surface area contributed by atoms with E-state index in [0.29, 0.717) is 19.6 Å². The molecule has 2 amide bonds. The molecule has 0 aromatic heterocycles. The highest BCUT2D eigenvalue weighted by Gasteiger charge is 2.22. The van der Waals surface area contributed by atoms with Crippen LogP contribution in [0.15, 0.2) is 42.5 Å². The van der Waals surface area contributed by atoms with Crippen LogP contribution in [0, 0.1) is 5.82 Å². The minimum absolute atomic E-state index is 0.0975. The van der Waals surface area contributed by atoms with Gasteiger partial charge in [0.15, 0.2) is 11.5 Å². The molecule has 0 aliphatic carbocycles. The van der Waals surface area contributed by atoms with E-state index in [2.05, 4.69) is 10.2 Å². The fourth-order valence-corrected chi connectivity index (χ4v) is 3.14. The van der Waals surface area contributed by atoms with Gasteiger partial charge in [0.1, 0.15) is 5.82 Å². The van der Waals surface area contributed by atoms with Crippen molar-refractivity contribution < 1.29 is 18.7 Å². The Hall–Kier alpha value is -2.96. The molecule has 2 aliphatic rings. The van der Waals surface area contributed by atoms with Gasteiger partial charge < -0.3 is 24.6 Å². The second kappa shape index (κ2) is 7.11. The zero-order chi connectivity index (χ0) is 17.9. The van der Waals surface area contributed by atoms with Crippen LogP contribution in [0.2, 0.25) is 0 Å². The average Bonchev–Trinajstić information content (AvgIpc) is 3.15. The molecule has 0 unspecified atom stereocenters. The highest BCUT2D eigenvalue weighted by molar-refractivity contribution is 5.74. The Kier molecular flexibility index (Phi) is 4.51. The summed E-state index contributed by atoms with van der Waals surface area (Å²) in [5.74, 6) is 1.26. The summed E-state index contributed by atoms with van der Waals surface area (Å²) in [6.45, 7) is 3.45. The Morgan fingerprint density at radius 3 is 2.50 bits per heavy atom. The molecule has 0 spiro atoms. The predicted octanol–water partition coefficient (Wildman–Crippen LogP) is 2.59. The Bertz CT molecular complexity index is 789. The van der Waals surface area contributed by atoms with E-state index < -0.39 is 0 Å². The quantitative estimate of drug-likeness (QED) is 0.917. The number of nitrogens with zero attached hydrogens (tertiary/aromatic N) is 2. The lowest BCUT2D eigenvalue weighted by molar-refractivity contribution is 0.174. The summed E-state index contributed by atoms with van der Waals surface area (Å²) in [6.07, 6.45) is 0. The molecule has 2 aromatic carbocycles. The number of rotatable bonds is 3. The summed E-state index contributed by atoms with van der Waals surface area (Å²) in [7, 11) is 0. The molecular weight excluding hydrogens is 337 g/mol.